The lowest BCUT2D eigenvalue weighted by atomic mass is 10.0. The van der Waals surface area contributed by atoms with Crippen LogP contribution >= 0.6 is 11.3 Å². The fourth-order valence-electron chi connectivity index (χ4n) is 3.95. The second-order valence-electron chi connectivity index (χ2n) is 8.54. The Morgan fingerprint density at radius 1 is 1.08 bits per heavy atom. The van der Waals surface area contributed by atoms with Gasteiger partial charge in [0, 0.05) is 17.4 Å². The SMILES string of the molecule is N/C(=N/O)c1cccc(CC(NS(=O)(=O)c2cccc(NC(=O)c3ccn[nH]3)c2)c2nc3ccccc3s2)c1. The first-order chi connectivity index (χ1) is 18.8. The normalized spacial score (nSPS) is 12.9. The van der Waals surface area contributed by atoms with E-state index in [0.717, 1.165) is 15.8 Å². The zero-order valence-corrected chi connectivity index (χ0v) is 21.9. The van der Waals surface area contributed by atoms with Crippen molar-refractivity contribution < 1.29 is 18.4 Å². The van der Waals surface area contributed by atoms with Crippen molar-refractivity contribution in [2.45, 2.75) is 17.4 Å². The summed E-state index contributed by atoms with van der Waals surface area (Å²) >= 11 is 1.39. The Labute approximate surface area is 227 Å². The van der Waals surface area contributed by atoms with Gasteiger partial charge in [0.25, 0.3) is 5.91 Å². The smallest absolute Gasteiger partial charge is 0.273 e. The molecule has 5 rings (SSSR count). The molecule has 1 amide bonds. The van der Waals surface area contributed by atoms with Crippen molar-refractivity contribution in [3.05, 3.63) is 107 Å². The number of aromatic amines is 1. The van der Waals surface area contributed by atoms with Crippen LogP contribution in [0.2, 0.25) is 0 Å². The third-order valence-corrected chi connectivity index (χ3v) is 8.44. The summed E-state index contributed by atoms with van der Waals surface area (Å²) in [4.78, 5) is 17.1. The number of aromatic nitrogens is 3. The molecule has 1 atom stereocenters. The van der Waals surface area contributed by atoms with Crippen LogP contribution in [0.15, 0.2) is 95.1 Å². The third kappa shape index (κ3) is 5.95. The van der Waals surface area contributed by atoms with Gasteiger partial charge in [-0.15, -0.1) is 11.3 Å². The van der Waals surface area contributed by atoms with Crippen molar-refractivity contribution in [3.63, 3.8) is 0 Å². The number of para-hydroxylation sites is 1. The van der Waals surface area contributed by atoms with Crippen molar-refractivity contribution in [1.29, 1.82) is 0 Å². The van der Waals surface area contributed by atoms with Gasteiger partial charge >= 0.3 is 0 Å². The van der Waals surface area contributed by atoms with E-state index in [-0.39, 0.29) is 22.8 Å². The average molecular weight is 562 g/mol. The zero-order chi connectivity index (χ0) is 27.4. The van der Waals surface area contributed by atoms with E-state index in [1.807, 2.05) is 30.3 Å². The van der Waals surface area contributed by atoms with Crippen LogP contribution in [0.3, 0.4) is 0 Å². The predicted octanol–water partition coefficient (Wildman–Crippen LogP) is 3.63. The maximum absolute atomic E-state index is 13.6. The van der Waals surface area contributed by atoms with E-state index in [4.69, 9.17) is 10.9 Å². The Balaban J connectivity index is 1.46. The van der Waals surface area contributed by atoms with Crippen molar-refractivity contribution >= 4 is 49.0 Å². The van der Waals surface area contributed by atoms with Gasteiger partial charge in [0.15, 0.2) is 5.84 Å². The summed E-state index contributed by atoms with van der Waals surface area (Å²) in [5, 5.41) is 21.7. The summed E-state index contributed by atoms with van der Waals surface area (Å²) in [5.74, 6) is -0.504. The van der Waals surface area contributed by atoms with Crippen molar-refractivity contribution in [1.82, 2.24) is 19.9 Å². The summed E-state index contributed by atoms with van der Waals surface area (Å²) in [6, 6.07) is 21.3. The summed E-state index contributed by atoms with van der Waals surface area (Å²) in [5.41, 5.74) is 8.32. The van der Waals surface area contributed by atoms with Crippen LogP contribution in [-0.2, 0) is 16.4 Å². The number of carbonyl (C=O) groups excluding carboxylic acids is 1. The number of hydrogen-bond acceptors (Lipinski definition) is 8. The quantitative estimate of drug-likeness (QED) is 0.0790. The van der Waals surface area contributed by atoms with E-state index < -0.39 is 22.0 Å². The number of hydrogen-bond donors (Lipinski definition) is 5. The second kappa shape index (κ2) is 11.0. The maximum Gasteiger partial charge on any atom is 0.273 e. The van der Waals surface area contributed by atoms with Gasteiger partial charge in [-0.25, -0.2) is 18.1 Å². The molecule has 2 aromatic heterocycles. The molecular formula is C26H23N7O4S2. The van der Waals surface area contributed by atoms with Crippen LogP contribution in [0.25, 0.3) is 10.2 Å². The Bertz CT molecular complexity index is 1730. The minimum atomic E-state index is -4.05. The van der Waals surface area contributed by atoms with Gasteiger partial charge in [-0.3, -0.25) is 9.89 Å². The van der Waals surface area contributed by atoms with Crippen LogP contribution in [0.5, 0.6) is 0 Å². The first kappa shape index (κ1) is 26.0. The van der Waals surface area contributed by atoms with Crippen molar-refractivity contribution in [2.24, 2.45) is 10.9 Å². The Kier molecular flexibility index (Phi) is 7.36. The molecule has 0 saturated heterocycles. The monoisotopic (exact) mass is 561 g/mol. The van der Waals surface area contributed by atoms with E-state index in [0.29, 0.717) is 16.3 Å². The lowest BCUT2D eigenvalue weighted by Crippen LogP contribution is -2.30. The number of sulfonamides is 1. The molecule has 0 saturated carbocycles. The number of fused-ring (bicyclic) bond motifs is 1. The number of oxime groups is 1. The standard InChI is InChI=1S/C26H23N7O4S2/c27-24(32-35)17-6-3-5-16(13-17)14-22(26-30-20-9-1-2-10-23(20)38-26)33-39(36,37)19-8-4-7-18(15-19)29-25(34)21-11-12-28-31-21/h1-13,15,22,33,35H,14H2,(H2,27,32)(H,28,31)(H,29,34). The van der Waals surface area contributed by atoms with E-state index in [2.05, 4.69) is 30.4 Å². The summed E-state index contributed by atoms with van der Waals surface area (Å²) < 4.78 is 30.9. The number of carbonyl (C=O) groups is 1. The highest BCUT2D eigenvalue weighted by atomic mass is 32.2. The molecular weight excluding hydrogens is 538 g/mol. The molecule has 0 spiro atoms. The van der Waals surface area contributed by atoms with Crippen molar-refractivity contribution in [2.75, 3.05) is 5.32 Å². The molecule has 5 aromatic rings. The first-order valence-electron chi connectivity index (χ1n) is 11.7. The predicted molar refractivity (Wildman–Crippen MR) is 148 cm³/mol. The molecule has 2 heterocycles. The zero-order valence-electron chi connectivity index (χ0n) is 20.3. The molecule has 0 aliphatic rings. The van der Waals surface area contributed by atoms with Crippen LogP contribution in [0.4, 0.5) is 5.69 Å². The molecule has 39 heavy (non-hydrogen) atoms. The molecule has 0 fully saturated rings. The van der Waals surface area contributed by atoms with E-state index in [1.54, 1.807) is 30.3 Å². The van der Waals surface area contributed by atoms with Gasteiger partial charge < -0.3 is 16.3 Å². The average Bonchev–Trinajstić information content (AvgIpc) is 3.63. The topological polar surface area (TPSA) is 175 Å². The first-order valence-corrected chi connectivity index (χ1v) is 14.0. The minimum Gasteiger partial charge on any atom is -0.409 e. The molecule has 1 unspecified atom stereocenters. The summed E-state index contributed by atoms with van der Waals surface area (Å²) in [7, 11) is -4.05. The van der Waals surface area contributed by atoms with Gasteiger partial charge in [0.1, 0.15) is 10.7 Å². The molecule has 3 aromatic carbocycles. The number of amidine groups is 1. The van der Waals surface area contributed by atoms with Crippen LogP contribution in [0, 0.1) is 0 Å². The van der Waals surface area contributed by atoms with Gasteiger partial charge in [-0.2, -0.15) is 5.10 Å². The largest absolute Gasteiger partial charge is 0.409 e. The third-order valence-electron chi connectivity index (χ3n) is 5.82. The summed E-state index contributed by atoms with van der Waals surface area (Å²) in [6.07, 6.45) is 1.70. The highest BCUT2D eigenvalue weighted by molar-refractivity contribution is 7.89. The number of nitrogens with two attached hydrogens (primary N) is 1. The minimum absolute atomic E-state index is 0.0265. The van der Waals surface area contributed by atoms with E-state index in [9.17, 15) is 13.2 Å². The summed E-state index contributed by atoms with van der Waals surface area (Å²) in [6.45, 7) is 0. The highest BCUT2D eigenvalue weighted by Gasteiger charge is 2.25. The Morgan fingerprint density at radius 3 is 2.67 bits per heavy atom. The Hall–Kier alpha value is -4.59. The van der Waals surface area contributed by atoms with E-state index >= 15 is 0 Å². The number of thiazole rings is 1. The lowest BCUT2D eigenvalue weighted by molar-refractivity contribution is 0.102. The number of anilines is 1. The van der Waals surface area contributed by atoms with Gasteiger partial charge in [0.2, 0.25) is 10.0 Å². The number of rotatable bonds is 9. The molecule has 13 heteroatoms. The van der Waals surface area contributed by atoms with Crippen LogP contribution in [0.1, 0.15) is 32.7 Å². The molecule has 198 valence electrons. The number of nitrogens with one attached hydrogen (secondary N) is 3. The number of H-pyrrole nitrogens is 1. The van der Waals surface area contributed by atoms with Gasteiger partial charge in [-0.05, 0) is 54.4 Å². The van der Waals surface area contributed by atoms with E-state index in [1.165, 1.54) is 35.7 Å². The highest BCUT2D eigenvalue weighted by Crippen LogP contribution is 2.30. The number of benzene rings is 3. The van der Waals surface area contributed by atoms with Gasteiger partial charge in [0.05, 0.1) is 21.2 Å². The number of nitrogens with zero attached hydrogens (tertiary/aromatic N) is 3. The van der Waals surface area contributed by atoms with Gasteiger partial charge in [-0.1, -0.05) is 41.6 Å². The lowest BCUT2D eigenvalue weighted by Gasteiger charge is -2.18. The molecule has 0 radical (unpaired) electrons. The Morgan fingerprint density at radius 2 is 1.90 bits per heavy atom. The number of amides is 1. The fourth-order valence-corrected chi connectivity index (χ4v) is 6.29. The molecule has 6 N–H and O–H groups in total. The van der Waals surface area contributed by atoms with Crippen LogP contribution in [-0.4, -0.2) is 40.5 Å². The molecule has 0 aliphatic carbocycles. The van der Waals surface area contributed by atoms with Crippen molar-refractivity contribution in [3.8, 4) is 0 Å². The molecule has 0 bridgehead atoms. The fraction of sp³-hybridized carbons (Fsp3) is 0.0769. The second-order valence-corrected chi connectivity index (χ2v) is 11.3. The maximum atomic E-state index is 13.6. The van der Waals surface area contributed by atoms with Crippen LogP contribution < -0.4 is 15.8 Å². The molecule has 0 aliphatic heterocycles. The molecule has 11 nitrogen and oxygen atoms in total.